The number of hydrogen-bond donors (Lipinski definition) is 1. The lowest BCUT2D eigenvalue weighted by atomic mass is 10.0. The summed E-state index contributed by atoms with van der Waals surface area (Å²) < 4.78 is 16.3. The summed E-state index contributed by atoms with van der Waals surface area (Å²) in [5.41, 5.74) is 3.26. The zero-order chi connectivity index (χ0) is 18.6. The van der Waals surface area contributed by atoms with E-state index < -0.39 is 0 Å². The number of carbonyl (C=O) groups is 1. The molecule has 0 bridgehead atoms. The van der Waals surface area contributed by atoms with Crippen molar-refractivity contribution in [1.82, 2.24) is 4.98 Å². The number of ether oxygens (including phenoxy) is 2. The summed E-state index contributed by atoms with van der Waals surface area (Å²) in [5, 5.41) is 2.94. The molecule has 0 saturated carbocycles. The number of benzene rings is 1. The minimum absolute atomic E-state index is 0.231. The first-order valence-electron chi connectivity index (χ1n) is 9.48. The molecular formula is C20H25N3O4. The maximum absolute atomic E-state index is 12.6. The summed E-state index contributed by atoms with van der Waals surface area (Å²) >= 11 is 0. The molecule has 1 aromatic carbocycles. The smallest absolute Gasteiger partial charge is 0.277 e. The van der Waals surface area contributed by atoms with E-state index in [0.29, 0.717) is 24.8 Å². The van der Waals surface area contributed by atoms with Gasteiger partial charge in [0.05, 0.1) is 13.2 Å². The lowest BCUT2D eigenvalue weighted by Crippen LogP contribution is -2.36. The molecule has 2 aromatic rings. The predicted octanol–water partition coefficient (Wildman–Crippen LogP) is 2.97. The molecule has 0 radical (unpaired) electrons. The number of oxazole rings is 1. The molecule has 1 N–H and O–H groups in total. The van der Waals surface area contributed by atoms with Crippen LogP contribution in [0.25, 0.3) is 0 Å². The number of aryl methyl sites for hydroxylation is 1. The fourth-order valence-corrected chi connectivity index (χ4v) is 3.52. The molecule has 2 aliphatic heterocycles. The number of carbonyl (C=O) groups excluding carboxylic acids is 1. The first-order chi connectivity index (χ1) is 13.2. The molecule has 7 nitrogen and oxygen atoms in total. The van der Waals surface area contributed by atoms with Gasteiger partial charge in [-0.05, 0) is 43.5 Å². The number of nitrogens with zero attached hydrogens (tertiary/aromatic N) is 2. The van der Waals surface area contributed by atoms with Crippen LogP contribution in [0.5, 0.6) is 0 Å². The van der Waals surface area contributed by atoms with Crippen LogP contribution in [0.3, 0.4) is 0 Å². The van der Waals surface area contributed by atoms with Gasteiger partial charge in [0.25, 0.3) is 5.91 Å². The van der Waals surface area contributed by atoms with E-state index in [2.05, 4.69) is 21.3 Å². The van der Waals surface area contributed by atoms with Gasteiger partial charge in [0.1, 0.15) is 6.26 Å². The van der Waals surface area contributed by atoms with Crippen LogP contribution in [0.4, 0.5) is 11.4 Å². The minimum Gasteiger partial charge on any atom is -0.448 e. The molecule has 0 unspecified atom stereocenters. The third kappa shape index (κ3) is 4.14. The maximum Gasteiger partial charge on any atom is 0.277 e. The van der Waals surface area contributed by atoms with Crippen LogP contribution in [0.15, 0.2) is 28.9 Å². The highest BCUT2D eigenvalue weighted by molar-refractivity contribution is 6.03. The normalized spacial score (nSPS) is 18.5. The number of aromatic nitrogens is 1. The second-order valence-corrected chi connectivity index (χ2v) is 7.01. The first kappa shape index (κ1) is 18.0. The van der Waals surface area contributed by atoms with Crippen LogP contribution in [0.2, 0.25) is 0 Å². The summed E-state index contributed by atoms with van der Waals surface area (Å²) in [7, 11) is 0. The molecule has 0 aliphatic carbocycles. The fourth-order valence-electron chi connectivity index (χ4n) is 3.52. The molecule has 0 atom stereocenters. The maximum atomic E-state index is 12.6. The summed E-state index contributed by atoms with van der Waals surface area (Å²) in [6.07, 6.45) is 3.20. The van der Waals surface area contributed by atoms with Crippen LogP contribution in [-0.4, -0.2) is 50.4 Å². The van der Waals surface area contributed by atoms with Crippen molar-refractivity contribution in [3.8, 4) is 0 Å². The molecule has 0 spiro atoms. The lowest BCUT2D eigenvalue weighted by molar-refractivity contribution is 0.0794. The molecule has 2 aliphatic rings. The average Bonchev–Trinajstić information content (AvgIpc) is 3.21. The molecule has 3 heterocycles. The van der Waals surface area contributed by atoms with Gasteiger partial charge in [-0.25, -0.2) is 4.98 Å². The summed E-state index contributed by atoms with van der Waals surface area (Å²) in [6.45, 7) is 6.69. The van der Waals surface area contributed by atoms with Crippen molar-refractivity contribution >= 4 is 17.3 Å². The Bertz CT molecular complexity index is 792. The van der Waals surface area contributed by atoms with Crippen molar-refractivity contribution in [2.24, 2.45) is 0 Å². The van der Waals surface area contributed by atoms with Crippen molar-refractivity contribution in [2.75, 3.05) is 49.7 Å². The van der Waals surface area contributed by atoms with E-state index in [9.17, 15) is 4.79 Å². The van der Waals surface area contributed by atoms with Crippen LogP contribution in [0, 0.1) is 6.92 Å². The van der Waals surface area contributed by atoms with Crippen LogP contribution in [0.1, 0.15) is 40.7 Å². The highest BCUT2D eigenvalue weighted by atomic mass is 16.5. The predicted molar refractivity (Wildman–Crippen MR) is 101 cm³/mol. The van der Waals surface area contributed by atoms with Crippen molar-refractivity contribution in [2.45, 2.75) is 25.7 Å². The van der Waals surface area contributed by atoms with Crippen molar-refractivity contribution in [3.63, 3.8) is 0 Å². The SMILES string of the molecule is Cc1cc(N2CCOCC2)ccc1NC(=O)c1coc(C2CCOCC2)n1. The summed E-state index contributed by atoms with van der Waals surface area (Å²) in [6, 6.07) is 6.07. The minimum atomic E-state index is -0.251. The van der Waals surface area contributed by atoms with Gasteiger partial charge >= 0.3 is 0 Å². The molecule has 7 heteroatoms. The quantitative estimate of drug-likeness (QED) is 0.890. The first-order valence-corrected chi connectivity index (χ1v) is 9.48. The number of amides is 1. The largest absolute Gasteiger partial charge is 0.448 e. The van der Waals surface area contributed by atoms with Gasteiger partial charge in [-0.2, -0.15) is 0 Å². The topological polar surface area (TPSA) is 76.8 Å². The molecule has 27 heavy (non-hydrogen) atoms. The number of nitrogens with one attached hydrogen (secondary N) is 1. The Kier molecular flexibility index (Phi) is 5.40. The van der Waals surface area contributed by atoms with Gasteiger partial charge in [0.2, 0.25) is 0 Å². The molecule has 4 rings (SSSR count). The second kappa shape index (κ2) is 8.10. The van der Waals surface area contributed by atoms with E-state index in [1.807, 2.05) is 19.1 Å². The Morgan fingerprint density at radius 2 is 1.89 bits per heavy atom. The van der Waals surface area contributed by atoms with Gasteiger partial charge in [-0.1, -0.05) is 0 Å². The van der Waals surface area contributed by atoms with E-state index in [1.54, 1.807) is 0 Å². The molecule has 2 saturated heterocycles. The average molecular weight is 371 g/mol. The van der Waals surface area contributed by atoms with E-state index in [4.69, 9.17) is 13.9 Å². The highest BCUT2D eigenvalue weighted by Crippen LogP contribution is 2.27. The Hall–Kier alpha value is -2.38. The fraction of sp³-hybridized carbons (Fsp3) is 0.500. The van der Waals surface area contributed by atoms with Gasteiger partial charge in [0.15, 0.2) is 11.6 Å². The number of hydrogen-bond acceptors (Lipinski definition) is 6. The Morgan fingerprint density at radius 1 is 1.15 bits per heavy atom. The number of anilines is 2. The third-order valence-corrected chi connectivity index (χ3v) is 5.16. The number of morpholine rings is 1. The van der Waals surface area contributed by atoms with Crippen molar-refractivity contribution < 1.29 is 18.7 Å². The van der Waals surface area contributed by atoms with Gasteiger partial charge in [-0.15, -0.1) is 0 Å². The monoisotopic (exact) mass is 371 g/mol. The standard InChI is InChI=1S/C20H25N3O4/c1-14-12-16(23-6-10-26-11-7-23)2-3-17(14)21-19(24)18-13-27-20(22-18)15-4-8-25-9-5-15/h2-3,12-13,15H,4-11H2,1H3,(H,21,24). The Morgan fingerprint density at radius 3 is 2.63 bits per heavy atom. The van der Waals surface area contributed by atoms with Crippen LogP contribution >= 0.6 is 0 Å². The van der Waals surface area contributed by atoms with Gasteiger partial charge in [0, 0.05) is 43.6 Å². The summed E-state index contributed by atoms with van der Waals surface area (Å²) in [4.78, 5) is 19.2. The van der Waals surface area contributed by atoms with E-state index >= 15 is 0 Å². The zero-order valence-corrected chi connectivity index (χ0v) is 15.6. The lowest BCUT2D eigenvalue weighted by Gasteiger charge is -2.29. The van der Waals surface area contributed by atoms with Crippen LogP contribution in [-0.2, 0) is 9.47 Å². The van der Waals surface area contributed by atoms with Gasteiger partial charge in [-0.3, -0.25) is 4.79 Å². The Balaban J connectivity index is 1.42. The second-order valence-electron chi connectivity index (χ2n) is 7.01. The van der Waals surface area contributed by atoms with E-state index in [0.717, 1.165) is 56.1 Å². The van der Waals surface area contributed by atoms with E-state index in [-0.39, 0.29) is 11.8 Å². The van der Waals surface area contributed by atoms with Gasteiger partial charge < -0.3 is 24.1 Å². The number of rotatable bonds is 4. The summed E-state index contributed by atoms with van der Waals surface area (Å²) in [5.74, 6) is 0.608. The van der Waals surface area contributed by atoms with Crippen molar-refractivity contribution in [3.05, 3.63) is 41.6 Å². The van der Waals surface area contributed by atoms with E-state index in [1.165, 1.54) is 6.26 Å². The molecule has 2 fully saturated rings. The van der Waals surface area contributed by atoms with Crippen LogP contribution < -0.4 is 10.2 Å². The molecule has 1 aromatic heterocycles. The Labute approximate surface area is 158 Å². The molecule has 144 valence electrons. The third-order valence-electron chi connectivity index (χ3n) is 5.16. The zero-order valence-electron chi connectivity index (χ0n) is 15.6. The molecular weight excluding hydrogens is 346 g/mol. The molecule has 1 amide bonds. The van der Waals surface area contributed by atoms with Crippen molar-refractivity contribution in [1.29, 1.82) is 0 Å². The highest BCUT2D eigenvalue weighted by Gasteiger charge is 2.23.